The number of thiocarbonyl (C=S) groups is 1. The van der Waals surface area contributed by atoms with E-state index in [9.17, 15) is 0 Å². The number of rotatable bonds is 11. The highest BCUT2D eigenvalue weighted by Gasteiger charge is 2.24. The summed E-state index contributed by atoms with van der Waals surface area (Å²) in [5.74, 6) is 0. The first kappa shape index (κ1) is 21.7. The number of nitrogens with one attached hydrogen (secondary N) is 1. The van der Waals surface area contributed by atoms with Crippen LogP contribution in [0.4, 0.5) is 0 Å². The smallest absolute Gasteiger partial charge is 0.0947 e. The van der Waals surface area contributed by atoms with Crippen molar-refractivity contribution in [3.8, 4) is 0 Å². The van der Waals surface area contributed by atoms with Gasteiger partial charge in [-0.25, -0.2) is 0 Å². The van der Waals surface area contributed by atoms with E-state index in [1.165, 1.54) is 11.1 Å². The van der Waals surface area contributed by atoms with Crippen molar-refractivity contribution in [3.63, 3.8) is 0 Å². The van der Waals surface area contributed by atoms with Crippen LogP contribution in [0.2, 0.25) is 0 Å². The van der Waals surface area contributed by atoms with Crippen LogP contribution in [0, 0.1) is 0 Å². The fraction of sp³-hybridized carbons (Fsp3) is 0.632. The lowest BCUT2D eigenvalue weighted by Gasteiger charge is -2.37. The predicted molar refractivity (Wildman–Crippen MR) is 108 cm³/mol. The van der Waals surface area contributed by atoms with Crippen molar-refractivity contribution < 1.29 is 9.47 Å². The molecule has 0 spiro atoms. The molecule has 0 radical (unpaired) electrons. The SMILES string of the molecule is C=CN(C[C@@H](OC)C(C)NC=S)/C(C(=C)N1CCOCC1)=C(/C)CC. The van der Waals surface area contributed by atoms with Gasteiger partial charge < -0.3 is 24.6 Å². The Morgan fingerprint density at radius 1 is 1.44 bits per heavy atom. The number of morpholine rings is 1. The molecule has 1 heterocycles. The van der Waals surface area contributed by atoms with Gasteiger partial charge in [0, 0.05) is 20.2 Å². The molecule has 1 fully saturated rings. The summed E-state index contributed by atoms with van der Waals surface area (Å²) >= 11 is 4.91. The number of nitrogens with zero attached hydrogens (tertiary/aromatic N) is 2. The number of allylic oxidation sites excluding steroid dienone is 1. The first-order valence-corrected chi connectivity index (χ1v) is 9.30. The molecule has 142 valence electrons. The molecule has 6 heteroatoms. The first-order valence-electron chi connectivity index (χ1n) is 8.83. The third kappa shape index (κ3) is 6.13. The van der Waals surface area contributed by atoms with Crippen LogP contribution in [0.1, 0.15) is 27.2 Å². The summed E-state index contributed by atoms with van der Waals surface area (Å²) < 4.78 is 11.2. The summed E-state index contributed by atoms with van der Waals surface area (Å²) in [6, 6.07) is 0.102. The molecule has 1 rings (SSSR count). The van der Waals surface area contributed by atoms with E-state index in [2.05, 4.69) is 49.0 Å². The monoisotopic (exact) mass is 367 g/mol. The van der Waals surface area contributed by atoms with E-state index < -0.39 is 0 Å². The molecule has 0 bridgehead atoms. The van der Waals surface area contributed by atoms with Gasteiger partial charge in [-0.2, -0.15) is 0 Å². The third-order valence-electron chi connectivity index (χ3n) is 4.68. The Kier molecular flexibility index (Phi) is 9.78. The molecule has 0 aromatic rings. The van der Waals surface area contributed by atoms with Gasteiger partial charge in [-0.1, -0.05) is 32.3 Å². The Bertz CT molecular complexity index is 487. The number of hydrogen-bond acceptors (Lipinski definition) is 5. The molecule has 0 aromatic heterocycles. The summed E-state index contributed by atoms with van der Waals surface area (Å²) in [6.45, 7) is 18.6. The van der Waals surface area contributed by atoms with Crippen LogP contribution in [0.15, 0.2) is 36.3 Å². The second-order valence-corrected chi connectivity index (χ2v) is 6.45. The van der Waals surface area contributed by atoms with Crippen molar-refractivity contribution in [1.29, 1.82) is 0 Å². The summed E-state index contributed by atoms with van der Waals surface area (Å²) in [4.78, 5) is 4.43. The van der Waals surface area contributed by atoms with E-state index in [0.29, 0.717) is 6.54 Å². The maximum absolute atomic E-state index is 5.68. The minimum Gasteiger partial charge on any atom is -0.378 e. The largest absolute Gasteiger partial charge is 0.378 e. The minimum atomic E-state index is -0.0330. The molecule has 5 nitrogen and oxygen atoms in total. The molecule has 0 amide bonds. The van der Waals surface area contributed by atoms with Crippen molar-refractivity contribution in [2.75, 3.05) is 40.0 Å². The van der Waals surface area contributed by atoms with Crippen LogP contribution in [-0.2, 0) is 9.47 Å². The van der Waals surface area contributed by atoms with Crippen molar-refractivity contribution in [2.24, 2.45) is 0 Å². The Balaban J connectivity index is 3.03. The highest BCUT2D eigenvalue weighted by Crippen LogP contribution is 2.25. The van der Waals surface area contributed by atoms with Crippen molar-refractivity contribution in [1.82, 2.24) is 15.1 Å². The van der Waals surface area contributed by atoms with Gasteiger partial charge in [0.2, 0.25) is 0 Å². The highest BCUT2D eigenvalue weighted by atomic mass is 32.1. The Hall–Kier alpha value is -1.37. The molecule has 1 aliphatic heterocycles. The van der Waals surface area contributed by atoms with E-state index in [1.54, 1.807) is 7.11 Å². The van der Waals surface area contributed by atoms with Gasteiger partial charge in [0.1, 0.15) is 0 Å². The second-order valence-electron chi connectivity index (χ2n) is 6.21. The summed E-state index contributed by atoms with van der Waals surface area (Å²) in [7, 11) is 1.72. The Morgan fingerprint density at radius 2 is 2.08 bits per heavy atom. The zero-order valence-electron chi connectivity index (χ0n) is 16.1. The molecule has 1 N–H and O–H groups in total. The third-order valence-corrected chi connectivity index (χ3v) is 4.81. The zero-order valence-corrected chi connectivity index (χ0v) is 16.9. The summed E-state index contributed by atoms with van der Waals surface area (Å²) in [5.41, 5.74) is 4.96. The minimum absolute atomic E-state index is 0.0330. The van der Waals surface area contributed by atoms with Gasteiger partial charge in [0.25, 0.3) is 0 Å². The van der Waals surface area contributed by atoms with Gasteiger partial charge in [0.15, 0.2) is 0 Å². The lowest BCUT2D eigenvalue weighted by atomic mass is 10.1. The van der Waals surface area contributed by atoms with Crippen LogP contribution in [0.3, 0.4) is 0 Å². The quantitative estimate of drug-likeness (QED) is 0.447. The van der Waals surface area contributed by atoms with Gasteiger partial charge >= 0.3 is 0 Å². The van der Waals surface area contributed by atoms with Gasteiger partial charge in [-0.3, -0.25) is 0 Å². The lowest BCUT2D eigenvalue weighted by Crippen LogP contribution is -2.45. The van der Waals surface area contributed by atoms with Crippen LogP contribution < -0.4 is 5.32 Å². The van der Waals surface area contributed by atoms with E-state index in [0.717, 1.165) is 44.1 Å². The molecule has 1 aliphatic rings. The van der Waals surface area contributed by atoms with Gasteiger partial charge in [-0.15, -0.1) is 0 Å². The van der Waals surface area contributed by atoms with Crippen molar-refractivity contribution in [2.45, 2.75) is 39.3 Å². The average molecular weight is 368 g/mol. The van der Waals surface area contributed by atoms with Crippen molar-refractivity contribution in [3.05, 3.63) is 36.3 Å². The molecule has 0 saturated carbocycles. The standard InChI is InChI=1S/C19H33N3O2S/c1-7-15(3)19(17(5)22-9-11-24-12-10-22)21(8-2)13-18(23-6)16(4)20-14-25/h8,14,16,18H,2,5,7,9-13H2,1,3-4,6H3,(H,20,25)/b19-15-/t16?,18-/m1/s1. The Labute approximate surface area is 158 Å². The molecule has 0 aliphatic carbocycles. The topological polar surface area (TPSA) is 37.0 Å². The molecule has 2 atom stereocenters. The fourth-order valence-electron chi connectivity index (χ4n) is 2.91. The summed E-state index contributed by atoms with van der Waals surface area (Å²) in [6.07, 6.45) is 2.78. The zero-order chi connectivity index (χ0) is 18.8. The fourth-order valence-corrected chi connectivity index (χ4v) is 3.12. The van der Waals surface area contributed by atoms with Crippen molar-refractivity contribution >= 4 is 17.7 Å². The second kappa shape index (κ2) is 11.3. The van der Waals surface area contributed by atoms with Crippen LogP contribution in [0.25, 0.3) is 0 Å². The number of ether oxygens (including phenoxy) is 2. The van der Waals surface area contributed by atoms with E-state index in [-0.39, 0.29) is 12.1 Å². The average Bonchev–Trinajstić information content (AvgIpc) is 2.64. The maximum Gasteiger partial charge on any atom is 0.0947 e. The first-order chi connectivity index (χ1) is 12.0. The maximum atomic E-state index is 5.68. The van der Waals surface area contributed by atoms with Gasteiger partial charge in [-0.05, 0) is 32.0 Å². The number of hydrogen-bond donors (Lipinski definition) is 1. The molecule has 25 heavy (non-hydrogen) atoms. The van der Waals surface area contributed by atoms with Crippen LogP contribution in [-0.4, -0.2) is 67.4 Å². The van der Waals surface area contributed by atoms with E-state index in [1.807, 2.05) is 6.20 Å². The number of methoxy groups -OCH3 is 1. The predicted octanol–water partition coefficient (Wildman–Crippen LogP) is 2.91. The van der Waals surface area contributed by atoms with Gasteiger partial charge in [0.05, 0.1) is 48.8 Å². The summed E-state index contributed by atoms with van der Waals surface area (Å²) in [5, 5.41) is 3.14. The lowest BCUT2D eigenvalue weighted by molar-refractivity contribution is 0.0491. The molecule has 1 unspecified atom stereocenters. The van der Waals surface area contributed by atoms with Crippen LogP contribution in [0.5, 0.6) is 0 Å². The molecular formula is C19H33N3O2S. The van der Waals surface area contributed by atoms with E-state index in [4.69, 9.17) is 21.7 Å². The molecule has 1 saturated heterocycles. The van der Waals surface area contributed by atoms with E-state index >= 15 is 0 Å². The normalized spacial score (nSPS) is 18.0. The highest BCUT2D eigenvalue weighted by molar-refractivity contribution is 7.78. The molecule has 0 aromatic carbocycles. The van der Waals surface area contributed by atoms with Crippen LogP contribution >= 0.6 is 12.2 Å². The Morgan fingerprint density at radius 3 is 2.56 bits per heavy atom. The molecular weight excluding hydrogens is 334 g/mol.